The molecule has 0 saturated heterocycles. The van der Waals surface area contributed by atoms with Crippen molar-refractivity contribution in [2.75, 3.05) is 0 Å². The number of carbonyl (C=O) groups is 1. The fourth-order valence-corrected chi connectivity index (χ4v) is 2.75. The second-order valence-corrected chi connectivity index (χ2v) is 5.99. The van der Waals surface area contributed by atoms with Gasteiger partial charge in [-0.25, -0.2) is 19.3 Å². The van der Waals surface area contributed by atoms with Crippen LogP contribution in [-0.2, 0) is 17.9 Å². The summed E-state index contributed by atoms with van der Waals surface area (Å²) in [5, 5.41) is 15.3. The lowest BCUT2D eigenvalue weighted by Gasteiger charge is -2.09. The molecule has 4 aromatic rings. The number of hydrogen-bond acceptors (Lipinski definition) is 7. The number of benzene rings is 1. The second-order valence-electron chi connectivity index (χ2n) is 5.99. The van der Waals surface area contributed by atoms with Crippen molar-refractivity contribution >= 4 is 16.8 Å². The first kappa shape index (κ1) is 17.5. The van der Waals surface area contributed by atoms with Crippen molar-refractivity contribution in [3.05, 3.63) is 71.2 Å². The van der Waals surface area contributed by atoms with Gasteiger partial charge in [-0.3, -0.25) is 9.59 Å². The van der Waals surface area contributed by atoms with E-state index in [1.165, 1.54) is 15.7 Å². The van der Waals surface area contributed by atoms with Gasteiger partial charge in [0.2, 0.25) is 5.91 Å². The normalized spacial score (nSPS) is 10.9. The van der Waals surface area contributed by atoms with Gasteiger partial charge in [-0.2, -0.15) is 5.10 Å². The molecule has 28 heavy (non-hydrogen) atoms. The first-order valence-electron chi connectivity index (χ1n) is 8.60. The maximum absolute atomic E-state index is 12.4. The first-order valence-corrected chi connectivity index (χ1v) is 8.60. The molecule has 10 nitrogen and oxygen atoms in total. The molecule has 0 bridgehead atoms. The van der Waals surface area contributed by atoms with E-state index in [-0.39, 0.29) is 31.0 Å². The average molecular weight is 376 g/mol. The lowest BCUT2D eigenvalue weighted by atomic mass is 10.2. The Hall–Kier alpha value is -3.95. The standard InChI is InChI=1S/C18H16N8O2/c27-16(7-9-25-18(28)14-5-1-2-6-15(14)23-24-25)21-10-13-4-3-8-20-17(13)26-12-19-11-22-26/h1-6,8,11-12H,7,9-10H2,(H,21,27). The molecule has 0 unspecified atom stereocenters. The van der Waals surface area contributed by atoms with Gasteiger partial charge in [-0.1, -0.05) is 23.4 Å². The lowest BCUT2D eigenvalue weighted by Crippen LogP contribution is -2.29. The summed E-state index contributed by atoms with van der Waals surface area (Å²) in [5.74, 6) is 0.382. The van der Waals surface area contributed by atoms with Crippen LogP contribution < -0.4 is 10.9 Å². The van der Waals surface area contributed by atoms with Crippen LogP contribution in [0, 0.1) is 0 Å². The Balaban J connectivity index is 1.40. The number of carbonyl (C=O) groups excluding carboxylic acids is 1. The van der Waals surface area contributed by atoms with Crippen molar-refractivity contribution in [2.24, 2.45) is 0 Å². The largest absolute Gasteiger partial charge is 0.352 e. The predicted octanol–water partition coefficient (Wildman–Crippen LogP) is 0.474. The number of amides is 1. The monoisotopic (exact) mass is 376 g/mol. The maximum atomic E-state index is 12.4. The molecule has 1 aromatic carbocycles. The van der Waals surface area contributed by atoms with Gasteiger partial charge in [0.15, 0.2) is 5.82 Å². The molecule has 0 aliphatic carbocycles. The summed E-state index contributed by atoms with van der Waals surface area (Å²) in [5.41, 5.74) is 1.06. The van der Waals surface area contributed by atoms with Crippen LogP contribution >= 0.6 is 0 Å². The summed E-state index contributed by atoms with van der Waals surface area (Å²) in [7, 11) is 0. The highest BCUT2D eigenvalue weighted by atomic mass is 16.2. The zero-order valence-corrected chi connectivity index (χ0v) is 14.8. The Labute approximate surface area is 158 Å². The van der Waals surface area contributed by atoms with Crippen molar-refractivity contribution in [1.82, 2.24) is 40.1 Å². The Morgan fingerprint density at radius 1 is 1.14 bits per heavy atom. The van der Waals surface area contributed by atoms with Gasteiger partial charge in [0, 0.05) is 24.7 Å². The minimum Gasteiger partial charge on any atom is -0.352 e. The van der Waals surface area contributed by atoms with E-state index in [4.69, 9.17) is 0 Å². The third kappa shape index (κ3) is 3.61. The van der Waals surface area contributed by atoms with E-state index in [0.717, 1.165) is 5.56 Å². The maximum Gasteiger partial charge on any atom is 0.277 e. The molecule has 140 valence electrons. The highest BCUT2D eigenvalue weighted by molar-refractivity contribution is 5.77. The Morgan fingerprint density at radius 3 is 2.89 bits per heavy atom. The number of rotatable bonds is 6. The molecule has 1 N–H and O–H groups in total. The van der Waals surface area contributed by atoms with Gasteiger partial charge in [0.1, 0.15) is 18.2 Å². The van der Waals surface area contributed by atoms with Gasteiger partial charge in [0.25, 0.3) is 5.56 Å². The Kier molecular flexibility index (Phi) is 4.83. The van der Waals surface area contributed by atoms with Crippen LogP contribution in [0.1, 0.15) is 12.0 Å². The fourth-order valence-electron chi connectivity index (χ4n) is 2.75. The van der Waals surface area contributed by atoms with Crippen molar-refractivity contribution in [3.8, 4) is 5.82 Å². The van der Waals surface area contributed by atoms with Crippen molar-refractivity contribution in [1.29, 1.82) is 0 Å². The minimum atomic E-state index is -0.265. The molecule has 0 radical (unpaired) electrons. The molecule has 0 aliphatic heterocycles. The summed E-state index contributed by atoms with van der Waals surface area (Å²) in [6.45, 7) is 0.422. The molecule has 0 atom stereocenters. The highest BCUT2D eigenvalue weighted by Gasteiger charge is 2.10. The van der Waals surface area contributed by atoms with Crippen molar-refractivity contribution < 1.29 is 4.79 Å². The number of pyridine rings is 1. The molecule has 0 fully saturated rings. The van der Waals surface area contributed by atoms with Crippen LogP contribution in [0.4, 0.5) is 0 Å². The molecule has 0 saturated carbocycles. The number of aromatic nitrogens is 7. The highest BCUT2D eigenvalue weighted by Crippen LogP contribution is 2.09. The number of nitrogens with zero attached hydrogens (tertiary/aromatic N) is 7. The van der Waals surface area contributed by atoms with Crippen LogP contribution in [0.5, 0.6) is 0 Å². The molecular formula is C18H16N8O2. The zero-order valence-electron chi connectivity index (χ0n) is 14.8. The van der Waals surface area contributed by atoms with Crippen molar-refractivity contribution in [2.45, 2.75) is 19.5 Å². The van der Waals surface area contributed by atoms with E-state index in [0.29, 0.717) is 16.7 Å². The second kappa shape index (κ2) is 7.74. The predicted molar refractivity (Wildman–Crippen MR) is 99.4 cm³/mol. The number of nitrogens with one attached hydrogen (secondary N) is 1. The number of aryl methyl sites for hydroxylation is 1. The summed E-state index contributed by atoms with van der Waals surface area (Å²) in [6, 6.07) is 10.6. The molecule has 10 heteroatoms. The van der Waals surface area contributed by atoms with E-state index < -0.39 is 0 Å². The smallest absolute Gasteiger partial charge is 0.277 e. The van der Waals surface area contributed by atoms with E-state index in [2.05, 4.69) is 30.7 Å². The van der Waals surface area contributed by atoms with Crippen LogP contribution in [0.2, 0.25) is 0 Å². The average Bonchev–Trinajstić information content (AvgIpc) is 3.27. The van der Waals surface area contributed by atoms with Crippen LogP contribution in [0.25, 0.3) is 16.7 Å². The van der Waals surface area contributed by atoms with Crippen LogP contribution in [-0.4, -0.2) is 40.6 Å². The quantitative estimate of drug-likeness (QED) is 0.519. The van der Waals surface area contributed by atoms with E-state index in [1.807, 2.05) is 6.07 Å². The van der Waals surface area contributed by atoms with Crippen molar-refractivity contribution in [3.63, 3.8) is 0 Å². The SMILES string of the molecule is O=C(CCn1nnc2ccccc2c1=O)NCc1cccnc1-n1cncn1. The number of hydrogen-bond donors (Lipinski definition) is 1. The molecule has 0 spiro atoms. The summed E-state index contributed by atoms with van der Waals surface area (Å²) >= 11 is 0. The van der Waals surface area contributed by atoms with E-state index in [1.54, 1.807) is 42.9 Å². The summed E-state index contributed by atoms with van der Waals surface area (Å²) in [6.07, 6.45) is 4.71. The third-order valence-electron chi connectivity index (χ3n) is 4.16. The minimum absolute atomic E-state index is 0.103. The third-order valence-corrected chi connectivity index (χ3v) is 4.16. The molecular weight excluding hydrogens is 360 g/mol. The van der Waals surface area contributed by atoms with Crippen LogP contribution in [0.3, 0.4) is 0 Å². The Morgan fingerprint density at radius 2 is 2.04 bits per heavy atom. The van der Waals surface area contributed by atoms with Gasteiger partial charge in [0.05, 0.1) is 11.9 Å². The fraction of sp³-hybridized carbons (Fsp3) is 0.167. The molecule has 0 aliphatic rings. The van der Waals surface area contributed by atoms with Gasteiger partial charge in [-0.15, -0.1) is 5.10 Å². The molecule has 4 rings (SSSR count). The van der Waals surface area contributed by atoms with E-state index in [9.17, 15) is 9.59 Å². The topological polar surface area (TPSA) is 120 Å². The Bertz CT molecular complexity index is 1170. The molecule has 3 aromatic heterocycles. The number of fused-ring (bicyclic) bond motifs is 1. The summed E-state index contributed by atoms with van der Waals surface area (Å²) < 4.78 is 2.73. The lowest BCUT2D eigenvalue weighted by molar-refractivity contribution is -0.121. The van der Waals surface area contributed by atoms with Gasteiger partial charge >= 0.3 is 0 Å². The molecule has 3 heterocycles. The zero-order chi connectivity index (χ0) is 19.3. The van der Waals surface area contributed by atoms with Gasteiger partial charge in [-0.05, 0) is 18.2 Å². The molecule has 1 amide bonds. The summed E-state index contributed by atoms with van der Waals surface area (Å²) in [4.78, 5) is 32.8. The van der Waals surface area contributed by atoms with Crippen LogP contribution in [0.15, 0.2) is 60.0 Å². The van der Waals surface area contributed by atoms with E-state index >= 15 is 0 Å². The first-order chi connectivity index (χ1) is 13.7. The van der Waals surface area contributed by atoms with Gasteiger partial charge < -0.3 is 5.32 Å².